The quantitative estimate of drug-likeness (QED) is 0.698. The summed E-state index contributed by atoms with van der Waals surface area (Å²) in [5.41, 5.74) is 1.53. The second-order valence-corrected chi connectivity index (χ2v) is 6.56. The normalized spacial score (nSPS) is 16.9. The van der Waals surface area contributed by atoms with Crippen LogP contribution in [0, 0.1) is 0 Å². The van der Waals surface area contributed by atoms with E-state index in [4.69, 9.17) is 9.26 Å². The third kappa shape index (κ3) is 3.56. The van der Waals surface area contributed by atoms with Crippen molar-refractivity contribution in [2.24, 2.45) is 0 Å². The van der Waals surface area contributed by atoms with Crippen molar-refractivity contribution in [2.45, 2.75) is 25.3 Å². The second-order valence-electron chi connectivity index (χ2n) is 6.56. The third-order valence-corrected chi connectivity index (χ3v) is 4.86. The second kappa shape index (κ2) is 7.61. The maximum absolute atomic E-state index is 13.0. The molecule has 3 aromatic rings. The molecule has 0 bridgehead atoms. The van der Waals surface area contributed by atoms with Crippen LogP contribution in [0.15, 0.2) is 59.1 Å². The van der Waals surface area contributed by atoms with Crippen LogP contribution in [0.25, 0.3) is 11.4 Å². The smallest absolute Gasteiger partial charge is 0.254 e. The Bertz CT molecular complexity index is 906. The molecule has 0 N–H and O–H groups in total. The van der Waals surface area contributed by atoms with Crippen molar-refractivity contribution < 1.29 is 14.1 Å². The standard InChI is InChI=1S/C21H21N3O3/c1-26-17-12-10-15(11-13-17)19-22-20(27-23-19)18-9-5-6-14-24(18)21(25)16-7-3-2-4-8-16/h2-4,7-8,10-13,18H,5-6,9,14H2,1H3. The Balaban J connectivity index is 1.59. The van der Waals surface area contributed by atoms with Gasteiger partial charge < -0.3 is 14.2 Å². The molecule has 0 saturated carbocycles. The van der Waals surface area contributed by atoms with E-state index in [-0.39, 0.29) is 11.9 Å². The van der Waals surface area contributed by atoms with Crippen molar-refractivity contribution >= 4 is 5.91 Å². The summed E-state index contributed by atoms with van der Waals surface area (Å²) in [5, 5.41) is 4.12. The molecule has 1 aliphatic rings. The molecule has 1 atom stereocenters. The molecular weight excluding hydrogens is 342 g/mol. The van der Waals surface area contributed by atoms with Crippen LogP contribution >= 0.6 is 0 Å². The lowest BCUT2D eigenvalue weighted by Gasteiger charge is -2.33. The van der Waals surface area contributed by atoms with Gasteiger partial charge in [-0.25, -0.2) is 0 Å². The highest BCUT2D eigenvalue weighted by Gasteiger charge is 2.32. The molecule has 27 heavy (non-hydrogen) atoms. The molecule has 2 heterocycles. The lowest BCUT2D eigenvalue weighted by molar-refractivity contribution is 0.0561. The molecule has 1 aromatic heterocycles. The monoisotopic (exact) mass is 363 g/mol. The van der Waals surface area contributed by atoms with Crippen molar-refractivity contribution in [1.82, 2.24) is 15.0 Å². The average Bonchev–Trinajstić information content (AvgIpc) is 3.24. The fourth-order valence-corrected chi connectivity index (χ4v) is 3.41. The van der Waals surface area contributed by atoms with E-state index in [0.29, 0.717) is 23.8 Å². The van der Waals surface area contributed by atoms with E-state index < -0.39 is 0 Å². The zero-order chi connectivity index (χ0) is 18.6. The number of rotatable bonds is 4. The predicted octanol–water partition coefficient (Wildman–Crippen LogP) is 4.11. The maximum Gasteiger partial charge on any atom is 0.254 e. The van der Waals surface area contributed by atoms with E-state index in [1.807, 2.05) is 59.5 Å². The Morgan fingerprint density at radius 2 is 1.89 bits per heavy atom. The lowest BCUT2D eigenvalue weighted by Crippen LogP contribution is -2.38. The number of carbonyl (C=O) groups is 1. The van der Waals surface area contributed by atoms with E-state index >= 15 is 0 Å². The molecule has 0 spiro atoms. The SMILES string of the molecule is COc1ccc(-c2noc(C3CCCCN3C(=O)c3ccccc3)n2)cc1. The van der Waals surface area contributed by atoms with Crippen molar-refractivity contribution in [3.8, 4) is 17.1 Å². The van der Waals surface area contributed by atoms with Gasteiger partial charge in [0.05, 0.1) is 7.11 Å². The molecule has 1 amide bonds. The first-order valence-electron chi connectivity index (χ1n) is 9.10. The molecule has 6 heteroatoms. The van der Waals surface area contributed by atoms with Gasteiger partial charge in [0, 0.05) is 17.7 Å². The zero-order valence-corrected chi connectivity index (χ0v) is 15.2. The number of piperidine rings is 1. The summed E-state index contributed by atoms with van der Waals surface area (Å²) in [6.07, 6.45) is 2.83. The molecule has 0 aliphatic carbocycles. The topological polar surface area (TPSA) is 68.5 Å². The number of benzene rings is 2. The van der Waals surface area contributed by atoms with Crippen LogP contribution in [0.1, 0.15) is 41.6 Å². The van der Waals surface area contributed by atoms with Gasteiger partial charge in [0.15, 0.2) is 0 Å². The van der Waals surface area contributed by atoms with Crippen LogP contribution in [-0.2, 0) is 0 Å². The van der Waals surface area contributed by atoms with Crippen LogP contribution in [-0.4, -0.2) is 34.6 Å². The van der Waals surface area contributed by atoms with Crippen LogP contribution in [0.3, 0.4) is 0 Å². The molecular formula is C21H21N3O3. The maximum atomic E-state index is 13.0. The lowest BCUT2D eigenvalue weighted by atomic mass is 10.0. The Morgan fingerprint density at radius 1 is 1.11 bits per heavy atom. The van der Waals surface area contributed by atoms with E-state index in [1.165, 1.54) is 0 Å². The summed E-state index contributed by atoms with van der Waals surface area (Å²) in [6, 6.07) is 16.6. The van der Waals surface area contributed by atoms with Crippen LogP contribution in [0.5, 0.6) is 5.75 Å². The molecule has 2 aromatic carbocycles. The van der Waals surface area contributed by atoms with E-state index in [0.717, 1.165) is 30.6 Å². The number of nitrogens with zero attached hydrogens (tertiary/aromatic N) is 3. The predicted molar refractivity (Wildman–Crippen MR) is 100 cm³/mol. The van der Waals surface area contributed by atoms with Crippen LogP contribution in [0.2, 0.25) is 0 Å². The molecule has 6 nitrogen and oxygen atoms in total. The van der Waals surface area contributed by atoms with E-state index in [2.05, 4.69) is 10.1 Å². The number of carbonyl (C=O) groups excluding carboxylic acids is 1. The summed E-state index contributed by atoms with van der Waals surface area (Å²) >= 11 is 0. The first-order chi connectivity index (χ1) is 13.3. The number of ether oxygens (including phenoxy) is 1. The molecule has 1 aliphatic heterocycles. The minimum atomic E-state index is -0.189. The number of methoxy groups -OCH3 is 1. The fraction of sp³-hybridized carbons (Fsp3) is 0.286. The number of aromatic nitrogens is 2. The highest BCUT2D eigenvalue weighted by Crippen LogP contribution is 2.32. The summed E-state index contributed by atoms with van der Waals surface area (Å²) in [5.74, 6) is 1.79. The molecule has 0 radical (unpaired) electrons. The van der Waals surface area contributed by atoms with Crippen molar-refractivity contribution in [3.63, 3.8) is 0 Å². The van der Waals surface area contributed by atoms with Crippen molar-refractivity contribution in [3.05, 3.63) is 66.1 Å². The number of amides is 1. The van der Waals surface area contributed by atoms with Gasteiger partial charge in [-0.1, -0.05) is 23.4 Å². The van der Waals surface area contributed by atoms with Gasteiger partial charge in [0.1, 0.15) is 11.8 Å². The molecule has 138 valence electrons. The van der Waals surface area contributed by atoms with E-state index in [1.54, 1.807) is 7.11 Å². The largest absolute Gasteiger partial charge is 0.497 e. The first kappa shape index (κ1) is 17.3. The Hall–Kier alpha value is -3.15. The van der Waals surface area contributed by atoms with Gasteiger partial charge >= 0.3 is 0 Å². The minimum absolute atomic E-state index is 0.00416. The summed E-state index contributed by atoms with van der Waals surface area (Å²) in [4.78, 5) is 19.4. The van der Waals surface area contributed by atoms with Gasteiger partial charge in [-0.3, -0.25) is 4.79 Å². The molecule has 4 rings (SSSR count). The molecule has 1 fully saturated rings. The van der Waals surface area contributed by atoms with Crippen LogP contribution in [0.4, 0.5) is 0 Å². The first-order valence-corrected chi connectivity index (χ1v) is 9.10. The van der Waals surface area contributed by atoms with Gasteiger partial charge in [-0.05, 0) is 55.7 Å². The number of hydrogen-bond acceptors (Lipinski definition) is 5. The van der Waals surface area contributed by atoms with Crippen molar-refractivity contribution in [1.29, 1.82) is 0 Å². The highest BCUT2D eigenvalue weighted by molar-refractivity contribution is 5.94. The Morgan fingerprint density at radius 3 is 2.63 bits per heavy atom. The summed E-state index contributed by atoms with van der Waals surface area (Å²) in [6.45, 7) is 0.693. The highest BCUT2D eigenvalue weighted by atomic mass is 16.5. The number of hydrogen-bond donors (Lipinski definition) is 0. The number of likely N-dealkylation sites (tertiary alicyclic amines) is 1. The van der Waals surface area contributed by atoms with Gasteiger partial charge in [0.25, 0.3) is 5.91 Å². The zero-order valence-electron chi connectivity index (χ0n) is 15.2. The average molecular weight is 363 g/mol. The Labute approximate surface area is 157 Å². The van der Waals surface area contributed by atoms with Crippen LogP contribution < -0.4 is 4.74 Å². The fourth-order valence-electron chi connectivity index (χ4n) is 3.41. The van der Waals surface area contributed by atoms with Crippen molar-refractivity contribution in [2.75, 3.05) is 13.7 Å². The third-order valence-electron chi connectivity index (χ3n) is 4.86. The van der Waals surface area contributed by atoms with E-state index in [9.17, 15) is 4.79 Å². The summed E-state index contributed by atoms with van der Waals surface area (Å²) < 4.78 is 10.7. The van der Waals surface area contributed by atoms with Gasteiger partial charge in [-0.15, -0.1) is 0 Å². The minimum Gasteiger partial charge on any atom is -0.497 e. The van der Waals surface area contributed by atoms with Gasteiger partial charge in [-0.2, -0.15) is 4.98 Å². The molecule has 1 saturated heterocycles. The molecule has 1 unspecified atom stereocenters. The summed E-state index contributed by atoms with van der Waals surface area (Å²) in [7, 11) is 1.63. The van der Waals surface area contributed by atoms with Gasteiger partial charge in [0.2, 0.25) is 11.7 Å². The Kier molecular flexibility index (Phi) is 4.87.